The summed E-state index contributed by atoms with van der Waals surface area (Å²) in [5.41, 5.74) is 3.01. The summed E-state index contributed by atoms with van der Waals surface area (Å²) in [6.45, 7) is 5.01. The van der Waals surface area contributed by atoms with Crippen LogP contribution in [0.5, 0.6) is 0 Å². The van der Waals surface area contributed by atoms with E-state index in [9.17, 15) is 4.79 Å². The molecule has 3 aliphatic rings. The Hall–Kier alpha value is -2.67. The third kappa shape index (κ3) is 3.31. The van der Waals surface area contributed by atoms with Gasteiger partial charge in [-0.15, -0.1) is 0 Å². The third-order valence-corrected chi connectivity index (χ3v) is 6.79. The molecule has 1 amide bonds. The van der Waals surface area contributed by atoms with Crippen LogP contribution < -0.4 is 0 Å². The van der Waals surface area contributed by atoms with Crippen LogP contribution in [0.3, 0.4) is 0 Å². The highest BCUT2D eigenvalue weighted by molar-refractivity contribution is 5.98. The maximum atomic E-state index is 13.6. The Morgan fingerprint density at radius 3 is 3.00 bits per heavy atom. The highest BCUT2D eigenvalue weighted by atomic mass is 16.5. The predicted molar refractivity (Wildman–Crippen MR) is 118 cm³/mol. The monoisotopic (exact) mass is 407 g/mol. The maximum Gasteiger partial charge on any atom is 0.230 e. The van der Waals surface area contributed by atoms with Crippen molar-refractivity contribution in [2.75, 3.05) is 26.7 Å². The maximum absolute atomic E-state index is 13.6. The zero-order chi connectivity index (χ0) is 20.7. The van der Waals surface area contributed by atoms with Crippen molar-refractivity contribution in [3.63, 3.8) is 0 Å². The van der Waals surface area contributed by atoms with Gasteiger partial charge in [0.2, 0.25) is 11.9 Å². The summed E-state index contributed by atoms with van der Waals surface area (Å²) < 4.78 is 5.45. The van der Waals surface area contributed by atoms with Crippen molar-refractivity contribution in [3.05, 3.63) is 36.0 Å². The van der Waals surface area contributed by atoms with E-state index in [4.69, 9.17) is 4.74 Å². The summed E-state index contributed by atoms with van der Waals surface area (Å²) in [7, 11) is 1.68. The number of benzene rings is 1. The molecule has 5 rings (SSSR count). The van der Waals surface area contributed by atoms with Crippen molar-refractivity contribution in [3.8, 4) is 0 Å². The summed E-state index contributed by atoms with van der Waals surface area (Å²) in [6, 6.07) is 8.28. The number of guanidine groups is 1. The van der Waals surface area contributed by atoms with Gasteiger partial charge in [-0.05, 0) is 37.8 Å². The van der Waals surface area contributed by atoms with Gasteiger partial charge >= 0.3 is 0 Å². The quantitative estimate of drug-likeness (QED) is 0.849. The van der Waals surface area contributed by atoms with Gasteiger partial charge in [0.1, 0.15) is 0 Å². The molecule has 1 aromatic heterocycles. The topological polar surface area (TPSA) is 73.3 Å². The number of likely N-dealkylation sites (tertiary alicyclic amines) is 2. The van der Waals surface area contributed by atoms with E-state index in [1.165, 1.54) is 10.9 Å². The summed E-state index contributed by atoms with van der Waals surface area (Å²) in [6.07, 6.45) is 5.44. The molecule has 2 aromatic rings. The zero-order valence-electron chi connectivity index (χ0n) is 17.7. The highest BCUT2D eigenvalue weighted by Gasteiger charge is 2.49. The van der Waals surface area contributed by atoms with E-state index >= 15 is 0 Å². The van der Waals surface area contributed by atoms with Gasteiger partial charge in [0.15, 0.2) is 6.23 Å². The van der Waals surface area contributed by atoms with Gasteiger partial charge in [-0.3, -0.25) is 4.79 Å². The number of ether oxygens (including phenoxy) is 1. The van der Waals surface area contributed by atoms with E-state index in [-0.39, 0.29) is 17.6 Å². The van der Waals surface area contributed by atoms with Crippen molar-refractivity contribution in [1.29, 1.82) is 0 Å². The SMILES string of the molecule is COC1CC(C)=NC(N2CCC3(CCCN(Cc4c[nH]c5ccccc45)C3=O)C2)=N1. The average Bonchev–Trinajstić information content (AvgIpc) is 3.37. The lowest BCUT2D eigenvalue weighted by molar-refractivity contribution is -0.146. The van der Waals surface area contributed by atoms with Gasteiger partial charge < -0.3 is 19.5 Å². The van der Waals surface area contributed by atoms with E-state index in [0.29, 0.717) is 13.1 Å². The first-order chi connectivity index (χ1) is 14.6. The number of carbonyl (C=O) groups is 1. The van der Waals surface area contributed by atoms with E-state index in [1.807, 2.05) is 19.2 Å². The number of H-pyrrole nitrogens is 1. The number of fused-ring (bicyclic) bond motifs is 1. The molecule has 0 aliphatic carbocycles. The summed E-state index contributed by atoms with van der Waals surface area (Å²) >= 11 is 0. The second kappa shape index (κ2) is 7.54. The van der Waals surface area contributed by atoms with Gasteiger partial charge in [0.25, 0.3) is 0 Å². The van der Waals surface area contributed by atoms with Crippen molar-refractivity contribution < 1.29 is 9.53 Å². The van der Waals surface area contributed by atoms with Crippen LogP contribution in [0, 0.1) is 5.41 Å². The van der Waals surface area contributed by atoms with Crippen LogP contribution in [-0.2, 0) is 16.1 Å². The molecule has 4 heterocycles. The molecule has 0 radical (unpaired) electrons. The van der Waals surface area contributed by atoms with Crippen LogP contribution in [0.2, 0.25) is 0 Å². The Labute approximate surface area is 176 Å². The normalized spacial score (nSPS) is 27.1. The number of hydrogen-bond acceptors (Lipinski definition) is 5. The number of carbonyl (C=O) groups excluding carboxylic acids is 1. The molecule has 0 bridgehead atoms. The molecule has 2 saturated heterocycles. The first-order valence-electron chi connectivity index (χ1n) is 10.8. The molecule has 158 valence electrons. The zero-order valence-corrected chi connectivity index (χ0v) is 17.7. The lowest BCUT2D eigenvalue weighted by Gasteiger charge is -2.39. The van der Waals surface area contributed by atoms with Crippen molar-refractivity contribution in [2.45, 2.75) is 45.4 Å². The van der Waals surface area contributed by atoms with Crippen LogP contribution in [-0.4, -0.2) is 65.3 Å². The minimum atomic E-state index is -0.323. The van der Waals surface area contributed by atoms with Crippen molar-refractivity contribution in [2.24, 2.45) is 15.4 Å². The van der Waals surface area contributed by atoms with Gasteiger partial charge in [-0.25, -0.2) is 9.98 Å². The van der Waals surface area contributed by atoms with E-state index in [0.717, 1.165) is 56.0 Å². The molecule has 1 spiro atoms. The first kappa shape index (κ1) is 19.3. The summed E-state index contributed by atoms with van der Waals surface area (Å²) in [4.78, 5) is 30.5. The number of amides is 1. The fourth-order valence-electron chi connectivity index (χ4n) is 5.15. The predicted octanol–water partition coefficient (Wildman–Crippen LogP) is 3.18. The second-order valence-corrected chi connectivity index (χ2v) is 8.81. The summed E-state index contributed by atoms with van der Waals surface area (Å²) in [5, 5.41) is 1.20. The Morgan fingerprint density at radius 2 is 2.13 bits per heavy atom. The van der Waals surface area contributed by atoms with Gasteiger partial charge in [-0.1, -0.05) is 18.2 Å². The Morgan fingerprint density at radius 1 is 1.27 bits per heavy atom. The lowest BCUT2D eigenvalue weighted by atomic mass is 9.78. The molecule has 3 aliphatic heterocycles. The number of nitrogens with one attached hydrogen (secondary N) is 1. The van der Waals surface area contributed by atoms with Crippen molar-refractivity contribution >= 4 is 28.5 Å². The smallest absolute Gasteiger partial charge is 0.230 e. The molecule has 2 fully saturated rings. The van der Waals surface area contributed by atoms with Crippen LogP contribution in [0.4, 0.5) is 0 Å². The largest absolute Gasteiger partial charge is 0.361 e. The molecule has 7 nitrogen and oxygen atoms in total. The fraction of sp³-hybridized carbons (Fsp3) is 0.522. The van der Waals surface area contributed by atoms with E-state index in [2.05, 4.69) is 43.0 Å². The third-order valence-electron chi connectivity index (χ3n) is 6.79. The van der Waals surface area contributed by atoms with Gasteiger partial charge in [0.05, 0.1) is 5.41 Å². The number of para-hydroxylation sites is 1. The van der Waals surface area contributed by atoms with Gasteiger partial charge in [0, 0.05) is 62.5 Å². The standard InChI is InChI=1S/C23H29N5O2/c1-16-12-20(30-2)26-22(25-16)28-11-9-23(15-28)8-5-10-27(21(23)29)14-17-13-24-19-7-4-3-6-18(17)19/h3-4,6-7,13,20,24H,5,8-12,14-15H2,1-2H3. The molecule has 1 aromatic carbocycles. The molecule has 7 heteroatoms. The minimum Gasteiger partial charge on any atom is -0.361 e. The molecular formula is C23H29N5O2. The number of aromatic nitrogens is 1. The Bertz CT molecular complexity index is 1030. The van der Waals surface area contributed by atoms with Crippen molar-refractivity contribution in [1.82, 2.24) is 14.8 Å². The van der Waals surface area contributed by atoms with Crippen LogP contribution >= 0.6 is 0 Å². The molecular weight excluding hydrogens is 378 g/mol. The molecule has 1 N–H and O–H groups in total. The molecule has 2 atom stereocenters. The van der Waals surface area contributed by atoms with E-state index in [1.54, 1.807) is 7.11 Å². The van der Waals surface area contributed by atoms with Crippen LogP contribution in [0.25, 0.3) is 10.9 Å². The molecule has 30 heavy (non-hydrogen) atoms. The first-order valence-corrected chi connectivity index (χ1v) is 10.8. The highest BCUT2D eigenvalue weighted by Crippen LogP contribution is 2.41. The van der Waals surface area contributed by atoms with Gasteiger partial charge in [-0.2, -0.15) is 0 Å². The Kier molecular flexibility index (Phi) is 4.85. The average molecular weight is 408 g/mol. The number of nitrogens with zero attached hydrogens (tertiary/aromatic N) is 4. The molecule has 0 saturated carbocycles. The van der Waals surface area contributed by atoms with Crippen LogP contribution in [0.15, 0.2) is 40.4 Å². The Balaban J connectivity index is 1.34. The number of methoxy groups -OCH3 is 1. The number of rotatable bonds is 3. The summed E-state index contributed by atoms with van der Waals surface area (Å²) in [5.74, 6) is 1.01. The number of aromatic amines is 1. The second-order valence-electron chi connectivity index (χ2n) is 8.81. The fourth-order valence-corrected chi connectivity index (χ4v) is 5.15. The number of aliphatic imine (C=N–C) groups is 2. The number of piperidine rings is 1. The number of hydrogen-bond donors (Lipinski definition) is 1. The van der Waals surface area contributed by atoms with E-state index < -0.39 is 0 Å². The molecule has 2 unspecified atom stereocenters. The van der Waals surface area contributed by atoms with Crippen LogP contribution in [0.1, 0.15) is 38.2 Å². The minimum absolute atomic E-state index is 0.172. The lowest BCUT2D eigenvalue weighted by Crippen LogP contribution is -2.50.